The number of nitrogens with one attached hydrogen (secondary N) is 1. The first-order chi connectivity index (χ1) is 12.3. The van der Waals surface area contributed by atoms with Gasteiger partial charge in [0.25, 0.3) is 10.0 Å². The summed E-state index contributed by atoms with van der Waals surface area (Å²) in [6.45, 7) is 5.75. The van der Waals surface area contributed by atoms with Crippen LogP contribution in [0.1, 0.15) is 16.1 Å². The molecule has 1 heterocycles. The van der Waals surface area contributed by atoms with Crippen molar-refractivity contribution in [2.45, 2.75) is 25.7 Å². The van der Waals surface area contributed by atoms with Crippen molar-refractivity contribution in [3.05, 3.63) is 57.9 Å². The molecule has 0 fully saturated rings. The molecule has 3 rings (SSSR count). The molecule has 0 spiro atoms. The molecule has 136 valence electrons. The van der Waals surface area contributed by atoms with E-state index in [9.17, 15) is 8.42 Å². The van der Waals surface area contributed by atoms with E-state index in [1.165, 1.54) is 18.4 Å². The van der Waals surface area contributed by atoms with E-state index in [0.29, 0.717) is 11.4 Å². The highest BCUT2D eigenvalue weighted by molar-refractivity contribution is 7.92. The van der Waals surface area contributed by atoms with Crippen molar-refractivity contribution in [1.29, 1.82) is 0 Å². The second-order valence-electron chi connectivity index (χ2n) is 5.97. The lowest BCUT2D eigenvalue weighted by Crippen LogP contribution is -2.15. The Hall–Kier alpha value is -2.38. The summed E-state index contributed by atoms with van der Waals surface area (Å²) in [6.07, 6.45) is 0. The van der Waals surface area contributed by atoms with Crippen molar-refractivity contribution in [3.8, 4) is 17.0 Å². The Bertz CT molecular complexity index is 1060. The number of aryl methyl sites for hydroxylation is 2. The van der Waals surface area contributed by atoms with Crippen LogP contribution in [0.15, 0.2) is 46.7 Å². The van der Waals surface area contributed by atoms with E-state index in [1.54, 1.807) is 18.2 Å². The minimum Gasteiger partial charge on any atom is -0.495 e. The smallest absolute Gasteiger partial charge is 0.265 e. The highest BCUT2D eigenvalue weighted by Gasteiger charge is 2.22. The van der Waals surface area contributed by atoms with Gasteiger partial charge in [0.15, 0.2) is 0 Å². The molecule has 0 bridgehead atoms. The van der Waals surface area contributed by atoms with Crippen LogP contribution in [0, 0.1) is 20.8 Å². The molecule has 0 unspecified atom stereocenters. The Morgan fingerprint density at radius 3 is 2.54 bits per heavy atom. The highest BCUT2D eigenvalue weighted by atomic mass is 32.2. The van der Waals surface area contributed by atoms with E-state index < -0.39 is 10.0 Å². The molecule has 2 aromatic carbocycles. The Labute approximate surface area is 157 Å². The van der Waals surface area contributed by atoms with Crippen molar-refractivity contribution in [3.63, 3.8) is 0 Å². The number of hydrogen-bond acceptors (Lipinski definition) is 5. The first-order valence-electron chi connectivity index (χ1n) is 8.01. The van der Waals surface area contributed by atoms with Gasteiger partial charge in [0.05, 0.1) is 23.5 Å². The number of anilines is 1. The normalized spacial score (nSPS) is 11.4. The lowest BCUT2D eigenvalue weighted by Gasteiger charge is -2.15. The number of benzene rings is 2. The van der Waals surface area contributed by atoms with E-state index in [2.05, 4.69) is 9.71 Å². The molecule has 5 nitrogen and oxygen atoms in total. The molecule has 0 aliphatic carbocycles. The number of aromatic nitrogens is 1. The van der Waals surface area contributed by atoms with E-state index >= 15 is 0 Å². The SMILES string of the molecule is COc1ccc(-c2csc(C)n2)cc1S(=O)(=O)Nc1cccc(C)c1C. The quantitative estimate of drug-likeness (QED) is 0.696. The summed E-state index contributed by atoms with van der Waals surface area (Å²) in [4.78, 5) is 4.52. The van der Waals surface area contributed by atoms with Crippen molar-refractivity contribution in [2.24, 2.45) is 0 Å². The predicted molar refractivity (Wildman–Crippen MR) is 106 cm³/mol. The Balaban J connectivity index is 2.07. The zero-order chi connectivity index (χ0) is 18.9. The molecule has 0 amide bonds. The molecule has 1 aromatic heterocycles. The fourth-order valence-electron chi connectivity index (χ4n) is 2.60. The molecule has 0 atom stereocenters. The zero-order valence-corrected chi connectivity index (χ0v) is 16.7. The van der Waals surface area contributed by atoms with Gasteiger partial charge in [-0.05, 0) is 56.2 Å². The molecule has 0 radical (unpaired) electrons. The van der Waals surface area contributed by atoms with Crippen LogP contribution in [0.2, 0.25) is 0 Å². The maximum absolute atomic E-state index is 13.0. The molecule has 3 aromatic rings. The maximum atomic E-state index is 13.0. The van der Waals surface area contributed by atoms with Crippen molar-refractivity contribution in [2.75, 3.05) is 11.8 Å². The topological polar surface area (TPSA) is 68.3 Å². The van der Waals surface area contributed by atoms with Crippen LogP contribution in [0.3, 0.4) is 0 Å². The maximum Gasteiger partial charge on any atom is 0.265 e. The number of methoxy groups -OCH3 is 1. The van der Waals surface area contributed by atoms with E-state index in [4.69, 9.17) is 4.74 Å². The van der Waals surface area contributed by atoms with Crippen molar-refractivity contribution >= 4 is 27.0 Å². The van der Waals surface area contributed by atoms with E-state index in [-0.39, 0.29) is 4.90 Å². The molecule has 0 aliphatic rings. The molecule has 0 saturated heterocycles. The number of ether oxygens (including phenoxy) is 1. The third-order valence-corrected chi connectivity index (χ3v) is 6.38. The third kappa shape index (κ3) is 3.59. The number of sulfonamides is 1. The lowest BCUT2D eigenvalue weighted by atomic mass is 10.1. The van der Waals surface area contributed by atoms with Crippen LogP contribution in [0.4, 0.5) is 5.69 Å². The lowest BCUT2D eigenvalue weighted by molar-refractivity contribution is 0.403. The summed E-state index contributed by atoms with van der Waals surface area (Å²) >= 11 is 1.52. The average molecular weight is 389 g/mol. The molecule has 7 heteroatoms. The number of nitrogens with zero attached hydrogens (tertiary/aromatic N) is 1. The van der Waals surface area contributed by atoms with Gasteiger partial charge < -0.3 is 4.74 Å². The molecular weight excluding hydrogens is 368 g/mol. The summed E-state index contributed by atoms with van der Waals surface area (Å²) in [7, 11) is -2.36. The van der Waals surface area contributed by atoms with Crippen LogP contribution in [-0.2, 0) is 10.0 Å². The first kappa shape index (κ1) is 18.4. The van der Waals surface area contributed by atoms with Gasteiger partial charge in [0, 0.05) is 10.9 Å². The van der Waals surface area contributed by atoms with Gasteiger partial charge in [-0.1, -0.05) is 12.1 Å². The van der Waals surface area contributed by atoms with Gasteiger partial charge in [-0.15, -0.1) is 11.3 Å². The largest absolute Gasteiger partial charge is 0.495 e. The Kier molecular flexibility index (Phi) is 5.02. The van der Waals surface area contributed by atoms with Crippen LogP contribution >= 0.6 is 11.3 Å². The van der Waals surface area contributed by atoms with Gasteiger partial charge in [0.1, 0.15) is 10.6 Å². The van der Waals surface area contributed by atoms with Gasteiger partial charge >= 0.3 is 0 Å². The minimum absolute atomic E-state index is 0.0871. The summed E-state index contributed by atoms with van der Waals surface area (Å²) < 4.78 is 34.0. The van der Waals surface area contributed by atoms with Crippen molar-refractivity contribution < 1.29 is 13.2 Å². The monoisotopic (exact) mass is 388 g/mol. The molecule has 1 N–H and O–H groups in total. The van der Waals surface area contributed by atoms with Gasteiger partial charge in [-0.2, -0.15) is 0 Å². The van der Waals surface area contributed by atoms with Crippen LogP contribution in [-0.4, -0.2) is 20.5 Å². The van der Waals surface area contributed by atoms with Gasteiger partial charge in [-0.3, -0.25) is 4.72 Å². The highest BCUT2D eigenvalue weighted by Crippen LogP contribution is 2.32. The average Bonchev–Trinajstić information content (AvgIpc) is 3.04. The minimum atomic E-state index is -3.82. The standard InChI is InChI=1S/C19H20N2O3S2/c1-12-6-5-7-16(13(12)2)21-26(22,23)19-10-15(8-9-18(19)24-4)17-11-25-14(3)20-17/h5-11,21H,1-4H3. The fraction of sp³-hybridized carbons (Fsp3) is 0.211. The molecule has 0 saturated carbocycles. The molecule has 26 heavy (non-hydrogen) atoms. The zero-order valence-electron chi connectivity index (χ0n) is 15.0. The fourth-order valence-corrected chi connectivity index (χ4v) is 4.54. The summed E-state index contributed by atoms with van der Waals surface area (Å²) in [5.74, 6) is 0.290. The van der Waals surface area contributed by atoms with Crippen LogP contribution in [0.5, 0.6) is 5.75 Å². The summed E-state index contributed by atoms with van der Waals surface area (Å²) in [5, 5.41) is 2.83. The van der Waals surface area contributed by atoms with Gasteiger partial charge in [0.2, 0.25) is 0 Å². The molecule has 0 aliphatic heterocycles. The van der Waals surface area contributed by atoms with Gasteiger partial charge in [-0.25, -0.2) is 13.4 Å². The molecular formula is C19H20N2O3S2. The Morgan fingerprint density at radius 1 is 1.12 bits per heavy atom. The number of rotatable bonds is 5. The predicted octanol–water partition coefficient (Wildman–Crippen LogP) is 4.54. The second-order valence-corrected chi connectivity index (χ2v) is 8.68. The van der Waals surface area contributed by atoms with E-state index in [1.807, 2.05) is 44.4 Å². The summed E-state index contributed by atoms with van der Waals surface area (Å²) in [6, 6.07) is 10.6. The second kappa shape index (κ2) is 7.09. The number of thiazole rings is 1. The van der Waals surface area contributed by atoms with Crippen LogP contribution < -0.4 is 9.46 Å². The number of hydrogen-bond donors (Lipinski definition) is 1. The van der Waals surface area contributed by atoms with Crippen LogP contribution in [0.25, 0.3) is 11.3 Å². The summed E-state index contributed by atoms with van der Waals surface area (Å²) in [5.41, 5.74) is 3.95. The van der Waals surface area contributed by atoms with E-state index in [0.717, 1.165) is 27.4 Å². The first-order valence-corrected chi connectivity index (χ1v) is 10.4. The third-order valence-electron chi connectivity index (χ3n) is 4.22. The van der Waals surface area contributed by atoms with Crippen molar-refractivity contribution in [1.82, 2.24) is 4.98 Å². The Morgan fingerprint density at radius 2 is 1.88 bits per heavy atom.